The third-order valence-corrected chi connectivity index (χ3v) is 3.61. The van der Waals surface area contributed by atoms with E-state index >= 15 is 0 Å². The Morgan fingerprint density at radius 2 is 2.10 bits per heavy atom. The quantitative estimate of drug-likeness (QED) is 0.926. The summed E-state index contributed by atoms with van der Waals surface area (Å²) >= 11 is 0. The summed E-state index contributed by atoms with van der Waals surface area (Å²) < 4.78 is 17.5. The number of carbonyl (C=O) groups is 2. The standard InChI is InChI=1S/C15H19FN2O3/c1-21-15(20)18-8-2-3-12(10-18)14(19)17-9-11-4-6-13(16)7-5-11/h4-7,12H,2-3,8-10H2,1H3,(H,17,19). The first kappa shape index (κ1) is 15.3. The lowest BCUT2D eigenvalue weighted by Crippen LogP contribution is -2.45. The van der Waals surface area contributed by atoms with Gasteiger partial charge in [0.15, 0.2) is 0 Å². The molecule has 1 saturated heterocycles. The molecule has 0 aliphatic carbocycles. The van der Waals surface area contributed by atoms with Crippen molar-refractivity contribution in [3.63, 3.8) is 0 Å². The first-order chi connectivity index (χ1) is 10.1. The van der Waals surface area contributed by atoms with Crippen LogP contribution in [0.15, 0.2) is 24.3 Å². The van der Waals surface area contributed by atoms with Crippen molar-refractivity contribution in [2.24, 2.45) is 5.92 Å². The predicted octanol–water partition coefficient (Wildman–Crippen LogP) is 1.92. The molecule has 1 aromatic carbocycles. The summed E-state index contributed by atoms with van der Waals surface area (Å²) in [6.45, 7) is 1.35. The molecule has 0 bridgehead atoms. The lowest BCUT2D eigenvalue weighted by atomic mass is 9.97. The van der Waals surface area contributed by atoms with Gasteiger partial charge in [0.25, 0.3) is 0 Å². The summed E-state index contributed by atoms with van der Waals surface area (Å²) in [5, 5.41) is 2.83. The van der Waals surface area contributed by atoms with E-state index in [2.05, 4.69) is 10.1 Å². The van der Waals surface area contributed by atoms with Crippen LogP contribution in [0.1, 0.15) is 18.4 Å². The second kappa shape index (κ2) is 7.06. The molecule has 1 heterocycles. The third-order valence-electron chi connectivity index (χ3n) is 3.61. The zero-order valence-corrected chi connectivity index (χ0v) is 12.0. The zero-order valence-electron chi connectivity index (χ0n) is 12.0. The number of benzene rings is 1. The molecule has 1 aliphatic rings. The van der Waals surface area contributed by atoms with Gasteiger partial charge in [0.1, 0.15) is 5.82 Å². The van der Waals surface area contributed by atoms with Crippen LogP contribution in [-0.2, 0) is 16.1 Å². The zero-order chi connectivity index (χ0) is 15.2. The molecule has 1 unspecified atom stereocenters. The lowest BCUT2D eigenvalue weighted by molar-refractivity contribution is -0.126. The highest BCUT2D eigenvalue weighted by atomic mass is 19.1. The number of carbonyl (C=O) groups excluding carboxylic acids is 2. The van der Waals surface area contributed by atoms with Crippen molar-refractivity contribution in [1.82, 2.24) is 10.2 Å². The minimum atomic E-state index is -0.397. The third kappa shape index (κ3) is 4.18. The fraction of sp³-hybridized carbons (Fsp3) is 0.467. The largest absolute Gasteiger partial charge is 0.453 e. The number of methoxy groups -OCH3 is 1. The molecule has 2 rings (SSSR count). The molecule has 1 aromatic rings. The van der Waals surface area contributed by atoms with Crippen molar-refractivity contribution in [2.75, 3.05) is 20.2 Å². The molecule has 5 nitrogen and oxygen atoms in total. The fourth-order valence-corrected chi connectivity index (χ4v) is 2.42. The summed E-state index contributed by atoms with van der Waals surface area (Å²) in [5.74, 6) is -0.614. The Morgan fingerprint density at radius 3 is 2.76 bits per heavy atom. The molecular weight excluding hydrogens is 275 g/mol. The number of halogens is 1. The van der Waals surface area contributed by atoms with Gasteiger partial charge in [0.2, 0.25) is 5.91 Å². The van der Waals surface area contributed by atoms with Gasteiger partial charge in [0, 0.05) is 19.6 Å². The summed E-state index contributed by atoms with van der Waals surface area (Å²) in [4.78, 5) is 25.2. The highest BCUT2D eigenvalue weighted by Gasteiger charge is 2.28. The van der Waals surface area contributed by atoms with E-state index in [0.29, 0.717) is 19.6 Å². The maximum Gasteiger partial charge on any atom is 0.409 e. The molecule has 1 aliphatic heterocycles. The van der Waals surface area contributed by atoms with Gasteiger partial charge in [-0.25, -0.2) is 9.18 Å². The van der Waals surface area contributed by atoms with Crippen LogP contribution < -0.4 is 5.32 Å². The van der Waals surface area contributed by atoms with E-state index in [1.807, 2.05) is 0 Å². The van der Waals surface area contributed by atoms with E-state index in [4.69, 9.17) is 0 Å². The van der Waals surface area contributed by atoms with Crippen molar-refractivity contribution < 1.29 is 18.7 Å². The van der Waals surface area contributed by atoms with Crippen LogP contribution in [0.25, 0.3) is 0 Å². The second-order valence-corrected chi connectivity index (χ2v) is 5.10. The molecule has 0 radical (unpaired) electrons. The van der Waals surface area contributed by atoms with E-state index in [-0.39, 0.29) is 17.6 Å². The number of piperidine rings is 1. The molecule has 0 saturated carbocycles. The number of likely N-dealkylation sites (tertiary alicyclic amines) is 1. The number of hydrogen-bond acceptors (Lipinski definition) is 3. The van der Waals surface area contributed by atoms with Gasteiger partial charge >= 0.3 is 6.09 Å². The average molecular weight is 294 g/mol. The smallest absolute Gasteiger partial charge is 0.409 e. The lowest BCUT2D eigenvalue weighted by Gasteiger charge is -2.30. The molecule has 0 spiro atoms. The number of amides is 2. The van der Waals surface area contributed by atoms with Gasteiger partial charge in [-0.15, -0.1) is 0 Å². The molecule has 21 heavy (non-hydrogen) atoms. The van der Waals surface area contributed by atoms with Crippen LogP contribution in [0.2, 0.25) is 0 Å². The molecule has 2 amide bonds. The summed E-state index contributed by atoms with van der Waals surface area (Å²) in [7, 11) is 1.33. The molecular formula is C15H19FN2O3. The monoisotopic (exact) mass is 294 g/mol. The minimum Gasteiger partial charge on any atom is -0.453 e. The Bertz CT molecular complexity index is 504. The molecule has 1 atom stereocenters. The van der Waals surface area contributed by atoms with Crippen LogP contribution in [0.5, 0.6) is 0 Å². The molecule has 114 valence electrons. The second-order valence-electron chi connectivity index (χ2n) is 5.10. The first-order valence-electron chi connectivity index (χ1n) is 6.95. The van der Waals surface area contributed by atoms with Crippen molar-refractivity contribution in [1.29, 1.82) is 0 Å². The Labute approximate surface area is 123 Å². The van der Waals surface area contributed by atoms with Crippen LogP contribution >= 0.6 is 0 Å². The summed E-state index contributed by atoms with van der Waals surface area (Å²) in [5.41, 5.74) is 0.838. The van der Waals surface area contributed by atoms with Crippen molar-refractivity contribution >= 4 is 12.0 Å². The predicted molar refractivity (Wildman–Crippen MR) is 74.9 cm³/mol. The van der Waals surface area contributed by atoms with Crippen LogP contribution in [0.3, 0.4) is 0 Å². The summed E-state index contributed by atoms with van der Waals surface area (Å²) in [6, 6.07) is 6.00. The first-order valence-corrected chi connectivity index (χ1v) is 6.95. The number of rotatable bonds is 3. The van der Waals surface area contributed by atoms with Gasteiger partial charge < -0.3 is 15.0 Å². The highest BCUT2D eigenvalue weighted by molar-refractivity contribution is 5.80. The minimum absolute atomic E-state index is 0.0899. The van der Waals surface area contributed by atoms with E-state index in [1.165, 1.54) is 19.2 Å². The fourth-order valence-electron chi connectivity index (χ4n) is 2.42. The Hall–Kier alpha value is -2.11. The number of ether oxygens (including phenoxy) is 1. The Balaban J connectivity index is 1.85. The average Bonchev–Trinajstić information content (AvgIpc) is 2.53. The number of nitrogens with one attached hydrogen (secondary N) is 1. The van der Waals surface area contributed by atoms with E-state index in [1.54, 1.807) is 17.0 Å². The van der Waals surface area contributed by atoms with Crippen molar-refractivity contribution in [2.45, 2.75) is 19.4 Å². The number of nitrogens with zero attached hydrogens (tertiary/aromatic N) is 1. The normalized spacial score (nSPS) is 18.2. The van der Waals surface area contributed by atoms with Gasteiger partial charge in [-0.05, 0) is 30.5 Å². The van der Waals surface area contributed by atoms with E-state index in [0.717, 1.165) is 18.4 Å². The molecule has 1 fully saturated rings. The Kier molecular flexibility index (Phi) is 5.14. The van der Waals surface area contributed by atoms with Crippen molar-refractivity contribution in [3.8, 4) is 0 Å². The maximum absolute atomic E-state index is 12.8. The van der Waals surface area contributed by atoms with Gasteiger partial charge in [0.05, 0.1) is 13.0 Å². The van der Waals surface area contributed by atoms with Crippen molar-refractivity contribution in [3.05, 3.63) is 35.6 Å². The van der Waals surface area contributed by atoms with Gasteiger partial charge in [-0.1, -0.05) is 12.1 Å². The van der Waals surface area contributed by atoms with E-state index < -0.39 is 6.09 Å². The van der Waals surface area contributed by atoms with Crippen LogP contribution in [0.4, 0.5) is 9.18 Å². The van der Waals surface area contributed by atoms with Gasteiger partial charge in [-0.2, -0.15) is 0 Å². The SMILES string of the molecule is COC(=O)N1CCCC(C(=O)NCc2ccc(F)cc2)C1. The number of hydrogen-bond donors (Lipinski definition) is 1. The van der Waals surface area contributed by atoms with Crippen LogP contribution in [0, 0.1) is 11.7 Å². The molecule has 0 aromatic heterocycles. The van der Waals surface area contributed by atoms with E-state index in [9.17, 15) is 14.0 Å². The molecule has 1 N–H and O–H groups in total. The topological polar surface area (TPSA) is 58.6 Å². The van der Waals surface area contributed by atoms with Gasteiger partial charge in [-0.3, -0.25) is 4.79 Å². The van der Waals surface area contributed by atoms with Crippen LogP contribution in [-0.4, -0.2) is 37.1 Å². The molecule has 6 heteroatoms. The maximum atomic E-state index is 12.8. The highest BCUT2D eigenvalue weighted by Crippen LogP contribution is 2.17. The Morgan fingerprint density at radius 1 is 1.38 bits per heavy atom. The summed E-state index contributed by atoms with van der Waals surface area (Å²) in [6.07, 6.45) is 1.14.